The number of likely N-dealkylation sites (N-methyl/N-ethyl adjacent to an activating group) is 2. The lowest BCUT2D eigenvalue weighted by atomic mass is 9.74. The highest BCUT2D eigenvalue weighted by molar-refractivity contribution is 6.30. The smallest absolute Gasteiger partial charge is 0.321 e. The molecule has 0 radical (unpaired) electrons. The van der Waals surface area contributed by atoms with Crippen LogP contribution >= 0.6 is 11.6 Å². The molecule has 0 aliphatic carbocycles. The van der Waals surface area contributed by atoms with Crippen LogP contribution in [0.1, 0.15) is 67.2 Å². The number of anilines is 1. The van der Waals surface area contributed by atoms with Gasteiger partial charge in [0.05, 0.1) is 23.3 Å². The van der Waals surface area contributed by atoms with Gasteiger partial charge in [-0.05, 0) is 105 Å². The van der Waals surface area contributed by atoms with Crippen molar-refractivity contribution in [3.8, 4) is 0 Å². The maximum absolute atomic E-state index is 14.3. The van der Waals surface area contributed by atoms with E-state index in [2.05, 4.69) is 17.1 Å². The van der Waals surface area contributed by atoms with Crippen LogP contribution in [0.2, 0.25) is 5.02 Å². The largest absolute Gasteiger partial charge is 0.463 e. The summed E-state index contributed by atoms with van der Waals surface area (Å²) < 4.78 is 25.1. The normalized spacial score (nSPS) is 34.4. The number of ether oxygens (including phenoxy) is 4. The average Bonchev–Trinajstić information content (AvgIpc) is 3.07. The van der Waals surface area contributed by atoms with Crippen LogP contribution < -0.4 is 5.32 Å². The molecule has 3 saturated heterocycles. The molecule has 0 unspecified atom stereocenters. The number of carbonyl (C=O) groups is 3. The molecule has 1 aromatic carbocycles. The Morgan fingerprint density at radius 2 is 1.70 bits per heavy atom. The van der Waals surface area contributed by atoms with Gasteiger partial charge in [-0.15, -0.1) is 0 Å². The van der Waals surface area contributed by atoms with E-state index in [1.165, 1.54) is 0 Å². The van der Waals surface area contributed by atoms with Crippen LogP contribution in [0.5, 0.6) is 0 Å². The van der Waals surface area contributed by atoms with E-state index in [9.17, 15) is 19.5 Å². The zero-order chi connectivity index (χ0) is 37.2. The van der Waals surface area contributed by atoms with E-state index in [-0.39, 0.29) is 36.5 Å². The SMILES string of the molecule is CO[C@]1(C)C[C@@H](C)CN(C)C2(CCN(C(=O)Nc3ccc(Cl)cc3)CC2)COC(=O)C(C)(C)C(=O)[C@H](C)[C@H]1O[C@@H]1O[C@H](C)C[C@H](N(C)C)[C@H]1O. The number of rotatable bonds is 5. The molecule has 3 aliphatic rings. The summed E-state index contributed by atoms with van der Waals surface area (Å²) in [4.78, 5) is 47.3. The topological polar surface area (TPSA) is 130 Å². The second-order valence-electron chi connectivity index (χ2n) is 15.8. The molecule has 1 aromatic rings. The Balaban J connectivity index is 1.60. The number of nitrogens with one attached hydrogen (secondary N) is 1. The van der Waals surface area contributed by atoms with Crippen molar-refractivity contribution in [2.24, 2.45) is 17.3 Å². The molecule has 3 aliphatic heterocycles. The molecule has 2 amide bonds. The molecular weight excluding hydrogens is 664 g/mol. The van der Waals surface area contributed by atoms with Gasteiger partial charge in [-0.3, -0.25) is 14.5 Å². The number of nitrogens with zero attached hydrogens (tertiary/aromatic N) is 3. The summed E-state index contributed by atoms with van der Waals surface area (Å²) >= 11 is 6.01. The van der Waals surface area contributed by atoms with Crippen LogP contribution in [0.3, 0.4) is 0 Å². The summed E-state index contributed by atoms with van der Waals surface area (Å²) in [5, 5.41) is 14.9. The number of benzene rings is 1. The second-order valence-corrected chi connectivity index (χ2v) is 16.3. The average molecular weight is 723 g/mol. The Bertz CT molecular complexity index is 1340. The number of hydrogen-bond acceptors (Lipinski definition) is 10. The highest BCUT2D eigenvalue weighted by Crippen LogP contribution is 2.40. The van der Waals surface area contributed by atoms with E-state index in [4.69, 9.17) is 30.5 Å². The summed E-state index contributed by atoms with van der Waals surface area (Å²) in [6.45, 7) is 12.6. The molecule has 2 N–H and O–H groups in total. The number of methoxy groups -OCH3 is 1. The quantitative estimate of drug-likeness (QED) is 0.327. The number of urea groups is 1. The highest BCUT2D eigenvalue weighted by atomic mass is 35.5. The lowest BCUT2D eigenvalue weighted by molar-refractivity contribution is -0.295. The van der Waals surface area contributed by atoms with Gasteiger partial charge in [0.15, 0.2) is 12.1 Å². The third-order valence-electron chi connectivity index (χ3n) is 11.3. The van der Waals surface area contributed by atoms with E-state index in [1.807, 2.05) is 39.9 Å². The fourth-order valence-corrected chi connectivity index (χ4v) is 8.13. The van der Waals surface area contributed by atoms with Crippen LogP contribution in [-0.2, 0) is 28.5 Å². The number of hydrogen-bond donors (Lipinski definition) is 2. The molecular formula is C37H59ClN4O8. The van der Waals surface area contributed by atoms with Crippen LogP contribution in [0.4, 0.5) is 10.5 Å². The van der Waals surface area contributed by atoms with Crippen molar-refractivity contribution < 1.29 is 38.4 Å². The van der Waals surface area contributed by atoms with Crippen molar-refractivity contribution in [3.63, 3.8) is 0 Å². The molecule has 8 atom stereocenters. The predicted octanol–water partition coefficient (Wildman–Crippen LogP) is 4.67. The molecule has 4 rings (SSSR count). The fourth-order valence-electron chi connectivity index (χ4n) is 8.01. The number of halogens is 1. The first-order valence-corrected chi connectivity index (χ1v) is 18.2. The first-order valence-electron chi connectivity index (χ1n) is 17.8. The number of aliphatic hydroxyl groups is 1. The van der Waals surface area contributed by atoms with Crippen molar-refractivity contribution in [1.29, 1.82) is 0 Å². The van der Waals surface area contributed by atoms with E-state index >= 15 is 0 Å². The monoisotopic (exact) mass is 722 g/mol. The number of piperidine rings is 1. The highest BCUT2D eigenvalue weighted by Gasteiger charge is 2.52. The molecule has 282 valence electrons. The Hall–Kier alpha value is -2.32. The molecule has 50 heavy (non-hydrogen) atoms. The van der Waals surface area contributed by atoms with Gasteiger partial charge in [0.1, 0.15) is 18.1 Å². The molecule has 0 saturated carbocycles. The number of aliphatic hydroxyl groups excluding tert-OH is 1. The van der Waals surface area contributed by atoms with Gasteiger partial charge in [0, 0.05) is 49.4 Å². The number of esters is 1. The first kappa shape index (κ1) is 40.5. The first-order chi connectivity index (χ1) is 23.3. The molecule has 3 heterocycles. The van der Waals surface area contributed by atoms with E-state index in [0.29, 0.717) is 56.0 Å². The van der Waals surface area contributed by atoms with Crippen molar-refractivity contribution in [2.75, 3.05) is 59.8 Å². The number of cyclic esters (lactones) is 1. The van der Waals surface area contributed by atoms with Gasteiger partial charge in [0.25, 0.3) is 0 Å². The van der Waals surface area contributed by atoms with Crippen LogP contribution in [0.25, 0.3) is 0 Å². The molecule has 12 nitrogen and oxygen atoms in total. The number of Topliss-reactive ketones (excluding diaryl/α,β-unsaturated/α-hetero) is 1. The van der Waals surface area contributed by atoms with Crippen molar-refractivity contribution >= 4 is 35.1 Å². The molecule has 13 heteroatoms. The summed E-state index contributed by atoms with van der Waals surface area (Å²) in [7, 11) is 7.45. The van der Waals surface area contributed by atoms with Gasteiger partial charge >= 0.3 is 12.0 Å². The van der Waals surface area contributed by atoms with Crippen molar-refractivity contribution in [1.82, 2.24) is 14.7 Å². The number of likely N-dealkylation sites (tertiary alicyclic amines) is 1. The third-order valence-corrected chi connectivity index (χ3v) is 11.6. The van der Waals surface area contributed by atoms with Gasteiger partial charge in [0.2, 0.25) is 0 Å². The minimum atomic E-state index is -1.50. The summed E-state index contributed by atoms with van der Waals surface area (Å²) in [6.07, 6.45) is -0.726. The Morgan fingerprint density at radius 3 is 2.28 bits per heavy atom. The minimum absolute atomic E-state index is 0.0524. The Labute approximate surface area is 303 Å². The molecule has 3 fully saturated rings. The van der Waals surface area contributed by atoms with E-state index in [0.717, 1.165) is 0 Å². The fraction of sp³-hybridized carbons (Fsp3) is 0.757. The lowest BCUT2D eigenvalue weighted by Crippen LogP contribution is -2.59. The second kappa shape index (κ2) is 16.1. The third kappa shape index (κ3) is 8.82. The predicted molar refractivity (Wildman–Crippen MR) is 192 cm³/mol. The Kier molecular flexibility index (Phi) is 13.1. The standard InChI is InChI=1S/C37H59ClN4O8/c1-23-20-36(6,47-10)31(50-32-29(43)28(40(7)8)19-24(2)49-32)25(3)30(44)35(4,5)33(45)48-22-37(41(9)21-23)15-17-42(18-16-37)34(46)39-27-13-11-26(38)12-14-27/h11-14,23-25,28-29,31-32,43H,15-22H2,1-10H3,(H,39,46)/t23-,24-,25+,28+,29-,31-,32+,36-/m1/s1. The zero-order valence-electron chi connectivity index (χ0n) is 31.5. The van der Waals surface area contributed by atoms with Crippen molar-refractivity contribution in [2.45, 2.75) is 109 Å². The lowest BCUT2D eigenvalue weighted by Gasteiger charge is -2.48. The maximum Gasteiger partial charge on any atom is 0.321 e. The summed E-state index contributed by atoms with van der Waals surface area (Å²) in [5.74, 6) is -1.72. The molecule has 0 bridgehead atoms. The van der Waals surface area contributed by atoms with E-state index < -0.39 is 46.9 Å². The molecule has 1 spiro atoms. The van der Waals surface area contributed by atoms with Crippen LogP contribution in [0, 0.1) is 17.3 Å². The molecule has 0 aromatic heterocycles. The number of carbonyl (C=O) groups excluding carboxylic acids is 3. The summed E-state index contributed by atoms with van der Waals surface area (Å²) in [5.41, 5.74) is -2.39. The van der Waals surface area contributed by atoms with Gasteiger partial charge in [-0.25, -0.2) is 4.79 Å². The maximum atomic E-state index is 14.3. The van der Waals surface area contributed by atoms with Gasteiger partial charge in [-0.1, -0.05) is 25.4 Å². The van der Waals surface area contributed by atoms with Crippen LogP contribution in [0.15, 0.2) is 24.3 Å². The summed E-state index contributed by atoms with van der Waals surface area (Å²) in [6, 6.07) is 6.56. The number of amides is 2. The van der Waals surface area contributed by atoms with E-state index in [1.54, 1.807) is 57.0 Å². The Morgan fingerprint density at radius 1 is 1.08 bits per heavy atom. The number of ketones is 1. The van der Waals surface area contributed by atoms with Gasteiger partial charge in [-0.2, -0.15) is 0 Å². The van der Waals surface area contributed by atoms with Gasteiger partial charge < -0.3 is 39.2 Å². The zero-order valence-corrected chi connectivity index (χ0v) is 32.3. The minimum Gasteiger partial charge on any atom is -0.463 e. The van der Waals surface area contributed by atoms with Crippen LogP contribution in [-0.4, -0.2) is 134 Å². The van der Waals surface area contributed by atoms with Crippen molar-refractivity contribution in [3.05, 3.63) is 29.3 Å².